The lowest BCUT2D eigenvalue weighted by atomic mass is 9.90. The number of nitrogens with one attached hydrogen (secondary N) is 1. The molecule has 3 aliphatic heterocycles. The second-order valence-corrected chi connectivity index (χ2v) is 9.62. The van der Waals surface area contributed by atoms with E-state index < -0.39 is 24.3 Å². The number of halogens is 6. The molecule has 1 aromatic rings. The largest absolute Gasteiger partial charge is 0.490 e. The molecular formula is C24H32F6N4O6. The van der Waals surface area contributed by atoms with E-state index in [0.29, 0.717) is 6.54 Å². The van der Waals surface area contributed by atoms with Crippen molar-refractivity contribution in [3.8, 4) is 0 Å². The van der Waals surface area contributed by atoms with Gasteiger partial charge in [0.15, 0.2) is 0 Å². The molecule has 0 unspecified atom stereocenters. The first-order valence-electron chi connectivity index (χ1n) is 12.5. The van der Waals surface area contributed by atoms with Crippen LogP contribution in [0.3, 0.4) is 0 Å². The SMILES string of the molecule is O=C(NC[C@H]1CCC[C@]2(CCN(Cc3ccncc3)C2)O1)N1CCCC1.O=C(O)C(F)(F)F.O=C(O)C(F)(F)F. The van der Waals surface area contributed by atoms with E-state index >= 15 is 0 Å². The zero-order valence-corrected chi connectivity index (χ0v) is 21.5. The van der Waals surface area contributed by atoms with Gasteiger partial charge in [-0.05, 0) is 56.2 Å². The fourth-order valence-corrected chi connectivity index (χ4v) is 4.61. The zero-order valence-electron chi connectivity index (χ0n) is 21.5. The Labute approximate surface area is 226 Å². The minimum Gasteiger partial charge on any atom is -0.475 e. The number of rotatable bonds is 4. The molecule has 0 aliphatic carbocycles. The lowest BCUT2D eigenvalue weighted by Crippen LogP contribution is -2.48. The number of aliphatic carboxylic acids is 2. The van der Waals surface area contributed by atoms with Crippen LogP contribution in [-0.4, -0.2) is 99.7 Å². The van der Waals surface area contributed by atoms with Crippen molar-refractivity contribution >= 4 is 18.0 Å². The molecule has 3 fully saturated rings. The number of carbonyl (C=O) groups is 3. The van der Waals surface area contributed by atoms with Crippen molar-refractivity contribution in [2.75, 3.05) is 32.7 Å². The minimum absolute atomic E-state index is 0.0195. The number of nitrogens with zero attached hydrogens (tertiary/aromatic N) is 3. The maximum atomic E-state index is 12.2. The summed E-state index contributed by atoms with van der Waals surface area (Å²) < 4.78 is 70.0. The highest BCUT2D eigenvalue weighted by molar-refractivity contribution is 5.74. The third-order valence-electron chi connectivity index (χ3n) is 6.49. The maximum Gasteiger partial charge on any atom is 0.490 e. The molecule has 226 valence electrons. The van der Waals surface area contributed by atoms with Crippen LogP contribution in [0.2, 0.25) is 0 Å². The summed E-state index contributed by atoms with van der Waals surface area (Å²) in [6, 6.07) is 4.25. The third kappa shape index (κ3) is 11.2. The summed E-state index contributed by atoms with van der Waals surface area (Å²) in [5.41, 5.74) is 1.29. The van der Waals surface area contributed by atoms with Gasteiger partial charge >= 0.3 is 30.3 Å². The van der Waals surface area contributed by atoms with E-state index in [2.05, 4.69) is 27.3 Å². The third-order valence-corrected chi connectivity index (χ3v) is 6.49. The molecule has 2 atom stereocenters. The smallest absolute Gasteiger partial charge is 0.475 e. The number of hydrogen-bond donors (Lipinski definition) is 3. The fraction of sp³-hybridized carbons (Fsp3) is 0.667. The number of likely N-dealkylation sites (tertiary alicyclic amines) is 2. The molecule has 2 amide bonds. The summed E-state index contributed by atoms with van der Waals surface area (Å²) in [4.78, 5) is 38.5. The average molecular weight is 587 g/mol. The Morgan fingerprint density at radius 2 is 1.50 bits per heavy atom. The number of hydrogen-bond acceptors (Lipinski definition) is 6. The first kappa shape index (κ1) is 33.1. The van der Waals surface area contributed by atoms with Gasteiger partial charge in [-0.2, -0.15) is 26.3 Å². The van der Waals surface area contributed by atoms with Crippen LogP contribution in [0.25, 0.3) is 0 Å². The number of carbonyl (C=O) groups excluding carboxylic acids is 1. The highest BCUT2D eigenvalue weighted by Crippen LogP contribution is 2.37. The topological polar surface area (TPSA) is 132 Å². The molecule has 16 heteroatoms. The number of ether oxygens (including phenoxy) is 1. The predicted molar refractivity (Wildman–Crippen MR) is 127 cm³/mol. The molecule has 0 bridgehead atoms. The normalized spacial score (nSPS) is 23.1. The molecular weight excluding hydrogens is 554 g/mol. The van der Waals surface area contributed by atoms with E-state index in [-0.39, 0.29) is 17.7 Å². The molecule has 0 saturated carbocycles. The molecule has 3 saturated heterocycles. The number of pyridine rings is 1. The van der Waals surface area contributed by atoms with E-state index in [9.17, 15) is 31.1 Å². The summed E-state index contributed by atoms with van der Waals surface area (Å²) >= 11 is 0. The summed E-state index contributed by atoms with van der Waals surface area (Å²) in [5.74, 6) is -5.51. The number of carboxylic acids is 2. The lowest BCUT2D eigenvalue weighted by Gasteiger charge is -2.39. The summed E-state index contributed by atoms with van der Waals surface area (Å²) in [6.45, 7) is 5.46. The van der Waals surface area contributed by atoms with Crippen LogP contribution < -0.4 is 5.32 Å². The number of aromatic nitrogens is 1. The monoisotopic (exact) mass is 586 g/mol. The van der Waals surface area contributed by atoms with Crippen molar-refractivity contribution in [3.05, 3.63) is 30.1 Å². The maximum absolute atomic E-state index is 12.2. The Kier molecular flexibility index (Phi) is 12.0. The molecule has 3 N–H and O–H groups in total. The van der Waals surface area contributed by atoms with E-state index in [1.165, 1.54) is 12.0 Å². The van der Waals surface area contributed by atoms with Gasteiger partial charge in [-0.3, -0.25) is 9.88 Å². The Morgan fingerprint density at radius 3 is 2.02 bits per heavy atom. The van der Waals surface area contributed by atoms with Gasteiger partial charge in [0.05, 0.1) is 11.7 Å². The molecule has 0 radical (unpaired) electrons. The van der Waals surface area contributed by atoms with Crippen LogP contribution in [0, 0.1) is 0 Å². The second kappa shape index (κ2) is 14.5. The van der Waals surface area contributed by atoms with Crippen LogP contribution in [0.15, 0.2) is 24.5 Å². The minimum atomic E-state index is -5.08. The summed E-state index contributed by atoms with van der Waals surface area (Å²) in [6.07, 6.45) is 0.420. The number of carboxylic acid groups (broad SMARTS) is 2. The number of alkyl halides is 6. The van der Waals surface area contributed by atoms with Crippen LogP contribution in [0.4, 0.5) is 31.1 Å². The van der Waals surface area contributed by atoms with Gasteiger partial charge in [0, 0.05) is 51.7 Å². The Morgan fingerprint density at radius 1 is 0.950 bits per heavy atom. The predicted octanol–water partition coefficient (Wildman–Crippen LogP) is 3.67. The van der Waals surface area contributed by atoms with Gasteiger partial charge in [-0.1, -0.05) is 0 Å². The van der Waals surface area contributed by atoms with Crippen molar-refractivity contribution in [2.24, 2.45) is 0 Å². The number of amides is 2. The molecule has 40 heavy (non-hydrogen) atoms. The Bertz CT molecular complexity index is 951. The van der Waals surface area contributed by atoms with Crippen molar-refractivity contribution in [1.29, 1.82) is 0 Å². The van der Waals surface area contributed by atoms with Gasteiger partial charge in [-0.25, -0.2) is 14.4 Å². The van der Waals surface area contributed by atoms with Gasteiger partial charge in [0.1, 0.15) is 0 Å². The van der Waals surface area contributed by atoms with Crippen LogP contribution >= 0.6 is 0 Å². The van der Waals surface area contributed by atoms with E-state index in [1.54, 1.807) is 0 Å². The van der Waals surface area contributed by atoms with Crippen LogP contribution in [-0.2, 0) is 20.9 Å². The molecule has 1 spiro atoms. The fourth-order valence-electron chi connectivity index (χ4n) is 4.61. The first-order valence-corrected chi connectivity index (χ1v) is 12.5. The highest BCUT2D eigenvalue weighted by atomic mass is 19.4. The number of urea groups is 1. The van der Waals surface area contributed by atoms with Crippen LogP contribution in [0.5, 0.6) is 0 Å². The second-order valence-electron chi connectivity index (χ2n) is 9.62. The summed E-state index contributed by atoms with van der Waals surface area (Å²) in [7, 11) is 0. The quantitative estimate of drug-likeness (QED) is 0.456. The van der Waals surface area contributed by atoms with E-state index in [1.807, 2.05) is 17.3 Å². The van der Waals surface area contributed by atoms with Crippen molar-refractivity contribution in [3.63, 3.8) is 0 Å². The summed E-state index contributed by atoms with van der Waals surface area (Å²) in [5, 5.41) is 17.3. The molecule has 4 heterocycles. The Hall–Kier alpha value is -3.14. The van der Waals surface area contributed by atoms with Gasteiger partial charge < -0.3 is 25.2 Å². The van der Waals surface area contributed by atoms with Crippen molar-refractivity contribution < 1.29 is 55.7 Å². The van der Waals surface area contributed by atoms with E-state index in [0.717, 1.165) is 64.8 Å². The molecule has 1 aromatic heterocycles. The van der Waals surface area contributed by atoms with Gasteiger partial charge in [0.25, 0.3) is 0 Å². The van der Waals surface area contributed by atoms with Crippen molar-refractivity contribution in [1.82, 2.24) is 20.1 Å². The van der Waals surface area contributed by atoms with E-state index in [4.69, 9.17) is 24.5 Å². The van der Waals surface area contributed by atoms with Gasteiger partial charge in [0.2, 0.25) is 0 Å². The first-order chi connectivity index (χ1) is 18.6. The standard InChI is InChI=1S/C20H30N4O2.2C2HF3O2/c25-19(24-11-1-2-12-24)22-14-18-4-3-7-20(26-18)8-13-23(16-20)15-17-5-9-21-10-6-17;2*3-2(4,5)1(6)7/h5-6,9-10,18H,1-4,7-8,11-16H2,(H,22,25);2*(H,6,7)/t18-,20-;;/m1../s1. The zero-order chi connectivity index (χ0) is 30.0. The van der Waals surface area contributed by atoms with Gasteiger partial charge in [-0.15, -0.1) is 0 Å². The Balaban J connectivity index is 0.000000333. The van der Waals surface area contributed by atoms with Crippen molar-refractivity contribution in [2.45, 2.75) is 69.1 Å². The molecule has 3 aliphatic rings. The van der Waals surface area contributed by atoms with Crippen LogP contribution in [0.1, 0.15) is 44.1 Å². The molecule has 0 aromatic carbocycles. The molecule has 4 rings (SSSR count). The lowest BCUT2D eigenvalue weighted by molar-refractivity contribution is -0.193. The average Bonchev–Trinajstić information content (AvgIpc) is 3.54. The molecule has 10 nitrogen and oxygen atoms in total. The highest BCUT2D eigenvalue weighted by Gasteiger charge is 2.43.